The molecule has 0 spiro atoms. The second-order valence-electron chi connectivity index (χ2n) is 8.65. The number of hydroxylamine groups is 1. The first-order valence-corrected chi connectivity index (χ1v) is 11.3. The van der Waals surface area contributed by atoms with Crippen LogP contribution in [0.2, 0.25) is 0 Å². The predicted molar refractivity (Wildman–Crippen MR) is 121 cm³/mol. The molecule has 1 saturated heterocycles. The third-order valence-corrected chi connectivity index (χ3v) is 6.39. The molecule has 1 saturated carbocycles. The van der Waals surface area contributed by atoms with Crippen LogP contribution in [0.5, 0.6) is 17.4 Å². The molecule has 1 aliphatic carbocycles. The lowest BCUT2D eigenvalue weighted by atomic mass is 9.78. The predicted octanol–water partition coefficient (Wildman–Crippen LogP) is 5.18. The van der Waals surface area contributed by atoms with Crippen LogP contribution in [0.1, 0.15) is 42.9 Å². The van der Waals surface area contributed by atoms with E-state index in [4.69, 9.17) is 14.3 Å². The number of halogens is 1. The Bertz CT molecular complexity index is 1140. The van der Waals surface area contributed by atoms with Gasteiger partial charge in [-0.2, -0.15) is 5.48 Å². The van der Waals surface area contributed by atoms with Crippen molar-refractivity contribution in [2.45, 2.75) is 43.9 Å². The van der Waals surface area contributed by atoms with Crippen molar-refractivity contribution in [3.8, 4) is 17.4 Å². The third-order valence-electron chi connectivity index (χ3n) is 6.39. The molecule has 176 valence electrons. The van der Waals surface area contributed by atoms with Crippen molar-refractivity contribution in [1.29, 1.82) is 0 Å². The maximum atomic E-state index is 13.1. The van der Waals surface area contributed by atoms with Crippen molar-refractivity contribution in [2.24, 2.45) is 5.92 Å². The molecule has 1 aliphatic heterocycles. The van der Waals surface area contributed by atoms with Gasteiger partial charge in [-0.25, -0.2) is 14.2 Å². The highest BCUT2D eigenvalue weighted by molar-refractivity contribution is 5.80. The van der Waals surface area contributed by atoms with Crippen LogP contribution in [0.3, 0.4) is 0 Å². The number of aliphatic carboxylic acids is 1. The second kappa shape index (κ2) is 9.40. The molecule has 7 nitrogen and oxygen atoms in total. The molecule has 1 aromatic heterocycles. The Kier molecular flexibility index (Phi) is 6.17. The molecular weight excluding hydrogens is 439 g/mol. The van der Waals surface area contributed by atoms with Crippen LogP contribution in [-0.2, 0) is 16.2 Å². The number of carbonyl (C=O) groups is 1. The van der Waals surface area contributed by atoms with Gasteiger partial charge in [0.15, 0.2) is 0 Å². The maximum Gasteiger partial charge on any atom is 0.356 e. The SMILES string of the molecule is O=C(O)C1(C(c2ccc(OCc3cccc(Oc4ccc(F)cc4)n3)cc2)C2CCCC2)NO1. The van der Waals surface area contributed by atoms with Gasteiger partial charge in [-0.05, 0) is 66.8 Å². The Labute approximate surface area is 196 Å². The van der Waals surface area contributed by atoms with Gasteiger partial charge in [0.25, 0.3) is 5.72 Å². The Morgan fingerprint density at radius 2 is 1.76 bits per heavy atom. The highest BCUT2D eigenvalue weighted by atomic mass is 19.1. The molecule has 2 heterocycles. The summed E-state index contributed by atoms with van der Waals surface area (Å²) in [6, 6.07) is 18.6. The van der Waals surface area contributed by atoms with Crippen LogP contribution in [0.4, 0.5) is 4.39 Å². The van der Waals surface area contributed by atoms with E-state index in [1.165, 1.54) is 24.3 Å². The molecule has 2 aliphatic rings. The quantitative estimate of drug-likeness (QED) is 0.421. The van der Waals surface area contributed by atoms with E-state index in [0.29, 0.717) is 23.1 Å². The minimum absolute atomic E-state index is 0.232. The van der Waals surface area contributed by atoms with Crippen LogP contribution in [-0.4, -0.2) is 21.8 Å². The highest BCUT2D eigenvalue weighted by Gasteiger charge is 2.62. The van der Waals surface area contributed by atoms with Gasteiger partial charge in [0.05, 0.1) is 5.69 Å². The fourth-order valence-electron chi connectivity index (χ4n) is 4.68. The van der Waals surface area contributed by atoms with Crippen molar-refractivity contribution in [3.63, 3.8) is 0 Å². The molecule has 2 fully saturated rings. The molecule has 2 aromatic carbocycles. The zero-order valence-corrected chi connectivity index (χ0v) is 18.4. The molecule has 5 rings (SSSR count). The van der Waals surface area contributed by atoms with Crippen molar-refractivity contribution < 1.29 is 28.6 Å². The van der Waals surface area contributed by atoms with E-state index in [9.17, 15) is 14.3 Å². The zero-order valence-electron chi connectivity index (χ0n) is 18.4. The van der Waals surface area contributed by atoms with E-state index >= 15 is 0 Å². The lowest BCUT2D eigenvalue weighted by Crippen LogP contribution is -2.38. The van der Waals surface area contributed by atoms with Crippen LogP contribution < -0.4 is 15.0 Å². The molecule has 2 atom stereocenters. The van der Waals surface area contributed by atoms with E-state index < -0.39 is 11.7 Å². The third kappa shape index (κ3) is 4.73. The number of carboxylic acid groups (broad SMARTS) is 1. The molecule has 2 N–H and O–H groups in total. The first-order valence-electron chi connectivity index (χ1n) is 11.3. The van der Waals surface area contributed by atoms with Gasteiger partial charge in [0, 0.05) is 12.0 Å². The van der Waals surface area contributed by atoms with Gasteiger partial charge in [-0.15, -0.1) is 0 Å². The summed E-state index contributed by atoms with van der Waals surface area (Å²) in [5.74, 6) is 0.204. The molecule has 2 unspecified atom stereocenters. The number of hydrogen-bond donors (Lipinski definition) is 2. The number of aromatic nitrogens is 1. The molecule has 3 aromatic rings. The standard InChI is InChI=1S/C26H25FN2O5/c27-19-10-14-22(15-11-19)33-23-7-3-6-20(28-23)16-32-21-12-8-18(9-13-21)24(17-4-1-2-5-17)26(25(30)31)29-34-26/h3,6-15,17,24,29H,1-2,4-5,16H2,(H,30,31). The number of benzene rings is 2. The van der Waals surface area contributed by atoms with Crippen molar-refractivity contribution in [1.82, 2.24) is 10.5 Å². The first-order chi connectivity index (χ1) is 16.5. The van der Waals surface area contributed by atoms with Crippen LogP contribution in [0.15, 0.2) is 66.7 Å². The van der Waals surface area contributed by atoms with Crippen molar-refractivity contribution >= 4 is 5.97 Å². The average molecular weight is 464 g/mol. The maximum absolute atomic E-state index is 13.1. The molecule has 0 bridgehead atoms. The fraction of sp³-hybridized carbons (Fsp3) is 0.308. The largest absolute Gasteiger partial charge is 0.487 e. The molecule has 8 heteroatoms. The summed E-state index contributed by atoms with van der Waals surface area (Å²) in [7, 11) is 0. The summed E-state index contributed by atoms with van der Waals surface area (Å²) in [5, 5.41) is 9.74. The van der Waals surface area contributed by atoms with Gasteiger partial charge >= 0.3 is 5.97 Å². The number of carboxylic acids is 1. The van der Waals surface area contributed by atoms with Crippen molar-refractivity contribution in [3.05, 3.63) is 83.8 Å². The molecule has 0 amide bonds. The molecule has 0 radical (unpaired) electrons. The smallest absolute Gasteiger partial charge is 0.356 e. The van der Waals surface area contributed by atoms with Gasteiger partial charge in [0.1, 0.15) is 23.9 Å². The lowest BCUT2D eigenvalue weighted by Gasteiger charge is -2.26. The number of hydrogen-bond acceptors (Lipinski definition) is 6. The summed E-state index contributed by atoms with van der Waals surface area (Å²) in [6.07, 6.45) is 4.19. The number of pyridine rings is 1. The summed E-state index contributed by atoms with van der Waals surface area (Å²) in [4.78, 5) is 21.6. The number of nitrogens with zero attached hydrogens (tertiary/aromatic N) is 1. The minimum Gasteiger partial charge on any atom is -0.487 e. The lowest BCUT2D eigenvalue weighted by molar-refractivity contribution is -0.144. The Balaban J connectivity index is 1.25. The Morgan fingerprint density at radius 3 is 2.41 bits per heavy atom. The number of rotatable bonds is 9. The molecular formula is C26H25FN2O5. The van der Waals surface area contributed by atoms with Crippen LogP contribution in [0, 0.1) is 11.7 Å². The van der Waals surface area contributed by atoms with Crippen molar-refractivity contribution in [2.75, 3.05) is 0 Å². The molecule has 34 heavy (non-hydrogen) atoms. The fourth-order valence-corrected chi connectivity index (χ4v) is 4.68. The van der Waals surface area contributed by atoms with Gasteiger partial charge < -0.3 is 14.6 Å². The summed E-state index contributed by atoms with van der Waals surface area (Å²) < 4.78 is 24.6. The average Bonchev–Trinajstić information content (AvgIpc) is 3.47. The Hall–Kier alpha value is -3.49. The number of nitrogens with one attached hydrogen (secondary N) is 1. The van der Waals surface area contributed by atoms with E-state index in [2.05, 4.69) is 10.5 Å². The van der Waals surface area contributed by atoms with Crippen LogP contribution in [0.25, 0.3) is 0 Å². The van der Waals surface area contributed by atoms with Crippen LogP contribution >= 0.6 is 0 Å². The Morgan fingerprint density at radius 1 is 1.09 bits per heavy atom. The van der Waals surface area contributed by atoms with E-state index in [1.54, 1.807) is 6.07 Å². The number of ether oxygens (including phenoxy) is 2. The van der Waals surface area contributed by atoms with E-state index in [0.717, 1.165) is 31.2 Å². The van der Waals surface area contributed by atoms with Gasteiger partial charge in [-0.3, -0.25) is 4.84 Å². The summed E-state index contributed by atoms with van der Waals surface area (Å²) >= 11 is 0. The van der Waals surface area contributed by atoms with E-state index in [1.807, 2.05) is 36.4 Å². The monoisotopic (exact) mass is 464 g/mol. The minimum atomic E-state index is -1.34. The summed E-state index contributed by atoms with van der Waals surface area (Å²) in [6.45, 7) is 0.232. The topological polar surface area (TPSA) is 103 Å². The summed E-state index contributed by atoms with van der Waals surface area (Å²) in [5.41, 5.74) is 2.89. The zero-order chi connectivity index (χ0) is 23.5. The highest BCUT2D eigenvalue weighted by Crippen LogP contribution is 2.48. The normalized spacial score (nSPS) is 20.6. The van der Waals surface area contributed by atoms with Gasteiger partial charge in [-0.1, -0.05) is 31.0 Å². The second-order valence-corrected chi connectivity index (χ2v) is 8.65. The first kappa shape index (κ1) is 22.3. The van der Waals surface area contributed by atoms with Gasteiger partial charge in [0.2, 0.25) is 5.88 Å². The van der Waals surface area contributed by atoms with E-state index in [-0.39, 0.29) is 24.3 Å².